The minimum absolute atomic E-state index is 0.153. The van der Waals surface area contributed by atoms with Gasteiger partial charge in [-0.25, -0.2) is 0 Å². The lowest BCUT2D eigenvalue weighted by Crippen LogP contribution is -2.36. The van der Waals surface area contributed by atoms with Crippen LogP contribution in [0.4, 0.5) is 5.69 Å². The largest absolute Gasteiger partial charge is 0.346 e. The van der Waals surface area contributed by atoms with Gasteiger partial charge < -0.3 is 20.5 Å². The fourth-order valence-corrected chi connectivity index (χ4v) is 2.37. The molecule has 110 valence electrons. The van der Waals surface area contributed by atoms with Crippen molar-refractivity contribution in [3.8, 4) is 0 Å². The number of hydrogen-bond donors (Lipinski definition) is 2. The molecule has 1 fully saturated rings. The van der Waals surface area contributed by atoms with Crippen LogP contribution in [0.1, 0.15) is 18.3 Å². The van der Waals surface area contributed by atoms with E-state index in [2.05, 4.69) is 5.32 Å². The predicted octanol–water partition coefficient (Wildman–Crippen LogP) is 1.75. The fraction of sp³-hybridized carbons (Fsp3) is 0.500. The molecule has 0 aliphatic carbocycles. The molecule has 1 aliphatic heterocycles. The van der Waals surface area contributed by atoms with Crippen LogP contribution in [0.3, 0.4) is 0 Å². The summed E-state index contributed by atoms with van der Waals surface area (Å²) in [6, 6.07) is 6.97. The lowest BCUT2D eigenvalue weighted by atomic mass is 10.2. The molecule has 1 aromatic rings. The molecule has 6 heteroatoms. The summed E-state index contributed by atoms with van der Waals surface area (Å²) >= 11 is 1.68. The SMILES string of the molecule is CSCC[C@H](N)C(=O)Nc1ccc(C2OCCO2)cc1. The van der Waals surface area contributed by atoms with Gasteiger partial charge in [0.15, 0.2) is 6.29 Å². The van der Waals surface area contributed by atoms with Crippen molar-refractivity contribution >= 4 is 23.4 Å². The van der Waals surface area contributed by atoms with E-state index in [-0.39, 0.29) is 12.2 Å². The molecule has 0 bridgehead atoms. The molecule has 1 heterocycles. The Hall–Kier alpha value is -1.08. The zero-order valence-electron chi connectivity index (χ0n) is 11.5. The number of benzene rings is 1. The van der Waals surface area contributed by atoms with Gasteiger partial charge in [0, 0.05) is 11.3 Å². The second-order valence-corrected chi connectivity index (χ2v) is 5.56. The molecule has 2 rings (SSSR count). The van der Waals surface area contributed by atoms with Gasteiger partial charge in [0.25, 0.3) is 0 Å². The number of rotatable bonds is 6. The van der Waals surface area contributed by atoms with Gasteiger partial charge in [-0.1, -0.05) is 12.1 Å². The molecular weight excluding hydrogens is 276 g/mol. The molecule has 0 saturated carbocycles. The van der Waals surface area contributed by atoms with Gasteiger partial charge in [-0.3, -0.25) is 4.79 Å². The van der Waals surface area contributed by atoms with Crippen LogP contribution in [0.2, 0.25) is 0 Å². The number of anilines is 1. The Kier molecular flexibility index (Phi) is 5.85. The Balaban J connectivity index is 1.88. The summed E-state index contributed by atoms with van der Waals surface area (Å²) in [7, 11) is 0. The number of thioether (sulfide) groups is 1. The molecule has 1 atom stereocenters. The van der Waals surface area contributed by atoms with Crippen molar-refractivity contribution in [3.05, 3.63) is 29.8 Å². The number of ether oxygens (including phenoxy) is 2. The smallest absolute Gasteiger partial charge is 0.241 e. The standard InChI is InChI=1S/C14H20N2O3S/c1-20-9-6-12(15)13(17)16-11-4-2-10(3-5-11)14-18-7-8-19-14/h2-5,12,14H,6-9,15H2,1H3,(H,16,17)/t12-/m0/s1. The molecule has 20 heavy (non-hydrogen) atoms. The van der Waals surface area contributed by atoms with Crippen LogP contribution in [0.15, 0.2) is 24.3 Å². The monoisotopic (exact) mass is 296 g/mol. The van der Waals surface area contributed by atoms with Crippen LogP contribution in [0, 0.1) is 0 Å². The van der Waals surface area contributed by atoms with Crippen LogP contribution >= 0.6 is 11.8 Å². The van der Waals surface area contributed by atoms with E-state index < -0.39 is 6.04 Å². The van der Waals surface area contributed by atoms with Crippen LogP contribution < -0.4 is 11.1 Å². The number of amides is 1. The van der Waals surface area contributed by atoms with E-state index in [4.69, 9.17) is 15.2 Å². The van der Waals surface area contributed by atoms with E-state index in [0.717, 1.165) is 17.0 Å². The molecule has 1 aliphatic rings. The van der Waals surface area contributed by atoms with Gasteiger partial charge >= 0.3 is 0 Å². The Bertz CT molecular complexity index is 433. The third-order valence-corrected chi connectivity index (χ3v) is 3.69. The molecule has 0 radical (unpaired) electrons. The van der Waals surface area contributed by atoms with Crippen LogP contribution in [0.5, 0.6) is 0 Å². The summed E-state index contributed by atoms with van der Waals surface area (Å²) in [5.74, 6) is 0.726. The second kappa shape index (κ2) is 7.64. The minimum Gasteiger partial charge on any atom is -0.346 e. The zero-order chi connectivity index (χ0) is 14.4. The van der Waals surface area contributed by atoms with E-state index >= 15 is 0 Å². The van der Waals surface area contributed by atoms with Crippen molar-refractivity contribution in [1.29, 1.82) is 0 Å². The highest BCUT2D eigenvalue weighted by molar-refractivity contribution is 7.98. The lowest BCUT2D eigenvalue weighted by Gasteiger charge is -2.13. The third-order valence-electron chi connectivity index (χ3n) is 3.04. The molecule has 1 saturated heterocycles. The number of nitrogens with one attached hydrogen (secondary N) is 1. The van der Waals surface area contributed by atoms with Gasteiger partial charge in [0.05, 0.1) is 19.3 Å². The van der Waals surface area contributed by atoms with E-state index in [1.165, 1.54) is 0 Å². The number of nitrogens with two attached hydrogens (primary N) is 1. The summed E-state index contributed by atoms with van der Waals surface area (Å²) in [5.41, 5.74) is 7.50. The molecule has 0 unspecified atom stereocenters. The molecule has 0 aromatic heterocycles. The van der Waals surface area contributed by atoms with Crippen LogP contribution in [-0.4, -0.2) is 37.2 Å². The third kappa shape index (κ3) is 4.21. The van der Waals surface area contributed by atoms with Gasteiger partial charge in [-0.05, 0) is 30.6 Å². The van der Waals surface area contributed by atoms with Crippen molar-refractivity contribution in [1.82, 2.24) is 0 Å². The van der Waals surface area contributed by atoms with E-state index in [0.29, 0.717) is 19.6 Å². The number of hydrogen-bond acceptors (Lipinski definition) is 5. The Morgan fingerprint density at radius 3 is 2.65 bits per heavy atom. The summed E-state index contributed by atoms with van der Waals surface area (Å²) in [6.07, 6.45) is 2.38. The molecule has 0 spiro atoms. The maximum Gasteiger partial charge on any atom is 0.241 e. The Morgan fingerprint density at radius 1 is 1.40 bits per heavy atom. The van der Waals surface area contributed by atoms with E-state index in [1.807, 2.05) is 30.5 Å². The first-order valence-electron chi connectivity index (χ1n) is 6.59. The summed E-state index contributed by atoms with van der Waals surface area (Å²) < 4.78 is 10.8. The van der Waals surface area contributed by atoms with Crippen molar-refractivity contribution < 1.29 is 14.3 Å². The van der Waals surface area contributed by atoms with Crippen molar-refractivity contribution in [2.45, 2.75) is 18.8 Å². The van der Waals surface area contributed by atoms with Gasteiger partial charge in [-0.2, -0.15) is 11.8 Å². The predicted molar refractivity (Wildman–Crippen MR) is 80.7 cm³/mol. The summed E-state index contributed by atoms with van der Waals surface area (Å²) in [5, 5.41) is 2.81. The van der Waals surface area contributed by atoms with Crippen LogP contribution in [0.25, 0.3) is 0 Å². The summed E-state index contributed by atoms with van der Waals surface area (Å²) in [6.45, 7) is 1.24. The first-order valence-corrected chi connectivity index (χ1v) is 7.98. The highest BCUT2D eigenvalue weighted by Gasteiger charge is 2.18. The number of carbonyl (C=O) groups is 1. The Morgan fingerprint density at radius 2 is 2.05 bits per heavy atom. The van der Waals surface area contributed by atoms with E-state index in [1.54, 1.807) is 11.8 Å². The topological polar surface area (TPSA) is 73.6 Å². The molecular formula is C14H20N2O3S. The van der Waals surface area contributed by atoms with Crippen molar-refractivity contribution in [3.63, 3.8) is 0 Å². The summed E-state index contributed by atoms with van der Waals surface area (Å²) in [4.78, 5) is 11.9. The van der Waals surface area contributed by atoms with Crippen LogP contribution in [-0.2, 0) is 14.3 Å². The quantitative estimate of drug-likeness (QED) is 0.836. The number of carbonyl (C=O) groups excluding carboxylic acids is 1. The lowest BCUT2D eigenvalue weighted by molar-refractivity contribution is -0.117. The van der Waals surface area contributed by atoms with Crippen molar-refractivity contribution in [2.24, 2.45) is 5.73 Å². The van der Waals surface area contributed by atoms with E-state index in [9.17, 15) is 4.79 Å². The highest BCUT2D eigenvalue weighted by Crippen LogP contribution is 2.24. The maximum atomic E-state index is 11.9. The van der Waals surface area contributed by atoms with Gasteiger partial charge in [0.2, 0.25) is 5.91 Å². The van der Waals surface area contributed by atoms with Gasteiger partial charge in [-0.15, -0.1) is 0 Å². The molecule has 1 aromatic carbocycles. The highest BCUT2D eigenvalue weighted by atomic mass is 32.2. The minimum atomic E-state index is -0.469. The maximum absolute atomic E-state index is 11.9. The average molecular weight is 296 g/mol. The molecule has 1 amide bonds. The average Bonchev–Trinajstić information content (AvgIpc) is 2.99. The molecule has 3 N–H and O–H groups in total. The second-order valence-electron chi connectivity index (χ2n) is 4.57. The first-order chi connectivity index (χ1) is 9.70. The van der Waals surface area contributed by atoms with Gasteiger partial charge in [0.1, 0.15) is 0 Å². The van der Waals surface area contributed by atoms with Crippen molar-refractivity contribution in [2.75, 3.05) is 30.5 Å². The normalized spacial score (nSPS) is 17.1. The Labute approximate surface area is 123 Å². The fourth-order valence-electron chi connectivity index (χ4n) is 1.89. The first kappa shape index (κ1) is 15.3. The zero-order valence-corrected chi connectivity index (χ0v) is 12.3. The molecule has 5 nitrogen and oxygen atoms in total.